The summed E-state index contributed by atoms with van der Waals surface area (Å²) < 4.78 is 7.11. The molecule has 136 valence electrons. The number of aromatic nitrogens is 3. The predicted molar refractivity (Wildman–Crippen MR) is 104 cm³/mol. The summed E-state index contributed by atoms with van der Waals surface area (Å²) in [7, 11) is 1.84. The highest BCUT2D eigenvalue weighted by atomic mass is 16.5. The first-order valence-corrected chi connectivity index (χ1v) is 8.78. The fraction of sp³-hybridized carbons (Fsp3) is 0.250. The fourth-order valence-electron chi connectivity index (χ4n) is 3.28. The first kappa shape index (κ1) is 17.1. The summed E-state index contributed by atoms with van der Waals surface area (Å²) in [6.45, 7) is 3.30. The maximum Gasteiger partial charge on any atom is 0.142 e. The number of nitrogen functional groups attached to an aromatic ring is 1. The second-order valence-corrected chi connectivity index (χ2v) is 6.48. The van der Waals surface area contributed by atoms with Crippen molar-refractivity contribution in [3.8, 4) is 28.5 Å². The Bertz CT molecular complexity index is 996. The average Bonchev–Trinajstić information content (AvgIpc) is 3.14. The van der Waals surface area contributed by atoms with Crippen LogP contribution in [0.15, 0.2) is 42.7 Å². The van der Waals surface area contributed by atoms with Crippen LogP contribution in [-0.2, 0) is 11.8 Å². The largest absolute Gasteiger partial charge is 0.383 e. The molecule has 1 aliphatic rings. The molecule has 0 aliphatic carbocycles. The van der Waals surface area contributed by atoms with Crippen molar-refractivity contribution < 1.29 is 4.74 Å². The Morgan fingerprint density at radius 1 is 1.15 bits per heavy atom. The number of rotatable bonds is 3. The Kier molecular flexibility index (Phi) is 4.48. The second kappa shape index (κ2) is 7.09. The lowest BCUT2D eigenvalue weighted by molar-refractivity contribution is 0.122. The van der Waals surface area contributed by atoms with Crippen LogP contribution >= 0.6 is 0 Å². The van der Waals surface area contributed by atoms with Crippen molar-refractivity contribution in [2.24, 2.45) is 7.05 Å². The number of pyridine rings is 1. The summed E-state index contributed by atoms with van der Waals surface area (Å²) in [5.74, 6) is 0.228. The molecular weight excluding hydrogens is 340 g/mol. The lowest BCUT2D eigenvalue weighted by atomic mass is 10.0. The molecule has 3 aromatic rings. The molecule has 2 aromatic heterocycles. The van der Waals surface area contributed by atoms with Gasteiger partial charge in [-0.3, -0.25) is 4.68 Å². The topological polar surface area (TPSA) is 93.0 Å². The smallest absolute Gasteiger partial charge is 0.142 e. The molecule has 0 atom stereocenters. The number of hydrogen-bond donors (Lipinski definition) is 1. The van der Waals surface area contributed by atoms with Gasteiger partial charge in [0, 0.05) is 48.7 Å². The van der Waals surface area contributed by atoms with Gasteiger partial charge in [0.2, 0.25) is 0 Å². The van der Waals surface area contributed by atoms with E-state index in [1.807, 2.05) is 31.4 Å². The van der Waals surface area contributed by atoms with Gasteiger partial charge in [-0.2, -0.15) is 10.4 Å². The predicted octanol–water partition coefficient (Wildman–Crippen LogP) is 2.44. The van der Waals surface area contributed by atoms with E-state index in [1.165, 1.54) is 0 Å². The molecule has 1 saturated heterocycles. The SMILES string of the molecule is Cn1cc(-c2cc(-c3ccc(N4CCOCC4)cc3)nc(N)c2C#N)cn1. The van der Waals surface area contributed by atoms with Gasteiger partial charge in [-0.15, -0.1) is 0 Å². The van der Waals surface area contributed by atoms with Gasteiger partial charge in [-0.05, 0) is 18.2 Å². The van der Waals surface area contributed by atoms with E-state index in [0.717, 1.165) is 54.4 Å². The number of hydrogen-bond acceptors (Lipinski definition) is 6. The van der Waals surface area contributed by atoms with Gasteiger partial charge in [0.15, 0.2) is 0 Å². The first-order chi connectivity index (χ1) is 13.2. The van der Waals surface area contributed by atoms with Crippen LogP contribution in [0.3, 0.4) is 0 Å². The Hall–Kier alpha value is -3.37. The van der Waals surface area contributed by atoms with Crippen LogP contribution in [0, 0.1) is 11.3 Å². The van der Waals surface area contributed by atoms with Crippen LogP contribution in [0.2, 0.25) is 0 Å². The van der Waals surface area contributed by atoms with E-state index in [4.69, 9.17) is 10.5 Å². The van der Waals surface area contributed by atoms with Gasteiger partial charge < -0.3 is 15.4 Å². The molecule has 0 saturated carbocycles. The summed E-state index contributed by atoms with van der Waals surface area (Å²) in [5, 5.41) is 13.7. The number of anilines is 2. The minimum atomic E-state index is 0.228. The van der Waals surface area contributed by atoms with Crippen LogP contribution in [0.1, 0.15) is 5.56 Å². The van der Waals surface area contributed by atoms with E-state index in [1.54, 1.807) is 10.9 Å². The van der Waals surface area contributed by atoms with Gasteiger partial charge in [0.1, 0.15) is 17.5 Å². The Balaban J connectivity index is 1.71. The molecule has 4 rings (SSSR count). The molecule has 1 aromatic carbocycles. The van der Waals surface area contributed by atoms with Gasteiger partial charge in [-0.25, -0.2) is 4.98 Å². The van der Waals surface area contributed by atoms with Crippen LogP contribution in [-0.4, -0.2) is 41.1 Å². The van der Waals surface area contributed by atoms with E-state index in [-0.39, 0.29) is 5.82 Å². The molecule has 27 heavy (non-hydrogen) atoms. The van der Waals surface area contributed by atoms with E-state index in [9.17, 15) is 5.26 Å². The van der Waals surface area contributed by atoms with Gasteiger partial charge in [0.25, 0.3) is 0 Å². The molecule has 2 N–H and O–H groups in total. The quantitative estimate of drug-likeness (QED) is 0.771. The zero-order chi connectivity index (χ0) is 18.8. The van der Waals surface area contributed by atoms with E-state index in [2.05, 4.69) is 33.2 Å². The van der Waals surface area contributed by atoms with Crippen molar-refractivity contribution in [3.05, 3.63) is 48.3 Å². The zero-order valence-corrected chi connectivity index (χ0v) is 15.1. The van der Waals surface area contributed by atoms with Crippen molar-refractivity contribution in [1.29, 1.82) is 5.26 Å². The second-order valence-electron chi connectivity index (χ2n) is 6.48. The minimum absolute atomic E-state index is 0.228. The Morgan fingerprint density at radius 2 is 1.89 bits per heavy atom. The maximum atomic E-state index is 9.50. The standard InChI is InChI=1S/C20H20N6O/c1-25-13-15(12-23-25)17-10-19(24-20(22)18(17)11-21)14-2-4-16(5-3-14)26-6-8-27-9-7-26/h2-5,10,12-13H,6-9H2,1H3,(H2,22,24). The van der Waals surface area contributed by atoms with E-state index < -0.39 is 0 Å². The molecule has 1 aliphatic heterocycles. The van der Waals surface area contributed by atoms with E-state index >= 15 is 0 Å². The lowest BCUT2D eigenvalue weighted by Crippen LogP contribution is -2.36. The number of nitrogens with zero attached hydrogens (tertiary/aromatic N) is 5. The third-order valence-corrected chi connectivity index (χ3v) is 4.71. The number of aryl methyl sites for hydroxylation is 1. The third-order valence-electron chi connectivity index (χ3n) is 4.71. The Labute approximate surface area is 157 Å². The Morgan fingerprint density at radius 3 is 2.52 bits per heavy atom. The monoisotopic (exact) mass is 360 g/mol. The molecule has 1 fully saturated rings. The summed E-state index contributed by atoms with van der Waals surface area (Å²) in [5.41, 5.74) is 10.9. The number of morpholine rings is 1. The normalized spacial score (nSPS) is 14.1. The fourth-order valence-corrected chi connectivity index (χ4v) is 3.28. The number of nitriles is 1. The van der Waals surface area contributed by atoms with Crippen molar-refractivity contribution in [1.82, 2.24) is 14.8 Å². The van der Waals surface area contributed by atoms with Crippen LogP contribution in [0.5, 0.6) is 0 Å². The molecular formula is C20H20N6O. The van der Waals surface area contributed by atoms with Crippen molar-refractivity contribution in [3.63, 3.8) is 0 Å². The van der Waals surface area contributed by atoms with Gasteiger partial charge >= 0.3 is 0 Å². The van der Waals surface area contributed by atoms with Gasteiger partial charge in [0.05, 0.1) is 25.1 Å². The van der Waals surface area contributed by atoms with Crippen molar-refractivity contribution >= 4 is 11.5 Å². The zero-order valence-electron chi connectivity index (χ0n) is 15.1. The van der Waals surface area contributed by atoms with Crippen molar-refractivity contribution in [2.75, 3.05) is 36.9 Å². The van der Waals surface area contributed by atoms with Gasteiger partial charge in [-0.1, -0.05) is 12.1 Å². The molecule has 7 nitrogen and oxygen atoms in total. The number of ether oxygens (including phenoxy) is 1. The summed E-state index contributed by atoms with van der Waals surface area (Å²) in [6.07, 6.45) is 3.59. The maximum absolute atomic E-state index is 9.50. The summed E-state index contributed by atoms with van der Waals surface area (Å²) in [6, 6.07) is 12.3. The van der Waals surface area contributed by atoms with Crippen molar-refractivity contribution in [2.45, 2.75) is 0 Å². The van der Waals surface area contributed by atoms with E-state index in [0.29, 0.717) is 5.56 Å². The molecule has 3 heterocycles. The summed E-state index contributed by atoms with van der Waals surface area (Å²) in [4.78, 5) is 6.74. The molecule has 0 bridgehead atoms. The molecule has 7 heteroatoms. The molecule has 0 amide bonds. The third kappa shape index (κ3) is 3.35. The van der Waals surface area contributed by atoms with Crippen LogP contribution < -0.4 is 10.6 Å². The molecule has 0 unspecified atom stereocenters. The average molecular weight is 360 g/mol. The number of benzene rings is 1. The number of nitrogens with two attached hydrogens (primary N) is 1. The minimum Gasteiger partial charge on any atom is -0.383 e. The highest BCUT2D eigenvalue weighted by Gasteiger charge is 2.15. The molecule has 0 radical (unpaired) electrons. The first-order valence-electron chi connectivity index (χ1n) is 8.78. The highest BCUT2D eigenvalue weighted by Crippen LogP contribution is 2.31. The lowest BCUT2D eigenvalue weighted by Gasteiger charge is -2.28. The molecule has 0 spiro atoms. The highest BCUT2D eigenvalue weighted by molar-refractivity contribution is 5.79. The van der Waals surface area contributed by atoms with Crippen LogP contribution in [0.25, 0.3) is 22.4 Å². The van der Waals surface area contributed by atoms with Crippen LogP contribution in [0.4, 0.5) is 11.5 Å². The summed E-state index contributed by atoms with van der Waals surface area (Å²) >= 11 is 0.